The average molecular weight is 191 g/mol. The van der Waals surface area contributed by atoms with Gasteiger partial charge in [-0.2, -0.15) is 0 Å². The van der Waals surface area contributed by atoms with Crippen molar-refractivity contribution < 1.29 is 13.5 Å². The molecule has 0 aromatic rings. The molecule has 2 heterocycles. The van der Waals surface area contributed by atoms with Crippen LogP contribution in [-0.2, 0) is 9.84 Å². The molecule has 2 rings (SSSR count). The zero-order chi connectivity index (χ0) is 8.77. The van der Waals surface area contributed by atoms with Crippen LogP contribution in [0.2, 0.25) is 0 Å². The smallest absolute Gasteiger partial charge is 0.156 e. The molecular weight excluding hydrogens is 178 g/mol. The summed E-state index contributed by atoms with van der Waals surface area (Å²) in [6.45, 7) is 1.38. The van der Waals surface area contributed by atoms with E-state index in [1.54, 1.807) is 0 Å². The fourth-order valence-corrected chi connectivity index (χ4v) is 4.27. The van der Waals surface area contributed by atoms with Crippen LogP contribution in [0.5, 0.6) is 0 Å². The highest BCUT2D eigenvalue weighted by Crippen LogP contribution is 2.32. The monoisotopic (exact) mass is 191 g/mol. The largest absolute Gasteiger partial charge is 0.395 e. The van der Waals surface area contributed by atoms with Crippen LogP contribution in [0, 0.1) is 0 Å². The first-order valence-electron chi connectivity index (χ1n) is 4.20. The van der Waals surface area contributed by atoms with Gasteiger partial charge in [-0.3, -0.25) is 4.90 Å². The molecule has 2 saturated heterocycles. The van der Waals surface area contributed by atoms with Gasteiger partial charge >= 0.3 is 0 Å². The predicted octanol–water partition coefficient (Wildman–Crippen LogP) is -1.15. The second-order valence-corrected chi connectivity index (χ2v) is 5.89. The lowest BCUT2D eigenvalue weighted by molar-refractivity contribution is 0.190. The van der Waals surface area contributed by atoms with Gasteiger partial charge in [0.2, 0.25) is 0 Å². The second kappa shape index (κ2) is 2.68. The average Bonchev–Trinajstić information content (AvgIpc) is 2.44. The molecule has 2 aliphatic heterocycles. The minimum atomic E-state index is -2.76. The summed E-state index contributed by atoms with van der Waals surface area (Å²) in [6.07, 6.45) is 0.780. The van der Waals surface area contributed by atoms with Crippen LogP contribution in [-0.4, -0.2) is 55.2 Å². The Morgan fingerprint density at radius 1 is 1.50 bits per heavy atom. The number of aliphatic hydroxyl groups is 1. The van der Waals surface area contributed by atoms with Crippen molar-refractivity contribution >= 4 is 9.84 Å². The standard InChI is InChI=1S/C7H13NO3S/c9-2-1-8-4-7-3-6(8)5-12(7,10)11/h6-7,9H,1-5H2/t6?,7-/m0/s1. The lowest BCUT2D eigenvalue weighted by atomic mass is 10.2. The third-order valence-electron chi connectivity index (χ3n) is 2.81. The minimum Gasteiger partial charge on any atom is -0.395 e. The zero-order valence-corrected chi connectivity index (χ0v) is 7.63. The van der Waals surface area contributed by atoms with E-state index in [4.69, 9.17) is 5.11 Å². The van der Waals surface area contributed by atoms with Crippen LogP contribution in [0.3, 0.4) is 0 Å². The van der Waals surface area contributed by atoms with E-state index in [1.807, 2.05) is 0 Å². The SMILES string of the molecule is O=S1(=O)CC2C[C@H]1CN2CCO. The van der Waals surface area contributed by atoms with Gasteiger partial charge in [0.25, 0.3) is 0 Å². The molecular formula is C7H13NO3S. The molecule has 2 fully saturated rings. The number of β-amino-alcohol motifs (C(OH)–C–C–N with tert-alkyl or cyclic N) is 1. The summed E-state index contributed by atoms with van der Waals surface area (Å²) in [7, 11) is -2.76. The molecule has 0 radical (unpaired) electrons. The summed E-state index contributed by atoms with van der Waals surface area (Å²) in [5, 5.41) is 8.55. The highest BCUT2D eigenvalue weighted by Gasteiger charge is 2.47. The van der Waals surface area contributed by atoms with Gasteiger partial charge in [0.15, 0.2) is 9.84 Å². The Labute approximate surface area is 72.1 Å². The number of rotatable bonds is 2. The van der Waals surface area contributed by atoms with E-state index >= 15 is 0 Å². The maximum Gasteiger partial charge on any atom is 0.156 e. The Morgan fingerprint density at radius 3 is 2.67 bits per heavy atom. The molecule has 12 heavy (non-hydrogen) atoms. The minimum absolute atomic E-state index is 0.128. The number of sulfone groups is 1. The van der Waals surface area contributed by atoms with Crippen molar-refractivity contribution in [2.45, 2.75) is 17.7 Å². The molecule has 1 N–H and O–H groups in total. The Balaban J connectivity index is 2.08. The van der Waals surface area contributed by atoms with Gasteiger partial charge in [0.1, 0.15) is 0 Å². The van der Waals surface area contributed by atoms with Gasteiger partial charge in [-0.1, -0.05) is 0 Å². The van der Waals surface area contributed by atoms with Crippen LogP contribution < -0.4 is 0 Å². The van der Waals surface area contributed by atoms with E-state index in [0.717, 1.165) is 6.42 Å². The molecule has 0 amide bonds. The molecule has 2 bridgehead atoms. The molecule has 1 unspecified atom stereocenters. The van der Waals surface area contributed by atoms with E-state index in [0.29, 0.717) is 18.8 Å². The summed E-state index contributed by atoms with van der Waals surface area (Å²) < 4.78 is 22.6. The maximum atomic E-state index is 11.3. The number of hydrogen-bond donors (Lipinski definition) is 1. The van der Waals surface area contributed by atoms with Crippen LogP contribution >= 0.6 is 0 Å². The lowest BCUT2D eigenvalue weighted by Crippen LogP contribution is -2.41. The molecule has 0 aliphatic carbocycles. The Kier molecular flexibility index (Phi) is 1.89. The summed E-state index contributed by atoms with van der Waals surface area (Å²) in [5.41, 5.74) is 0. The van der Waals surface area contributed by atoms with Gasteiger partial charge in [0.05, 0.1) is 17.6 Å². The third kappa shape index (κ3) is 1.16. The number of hydrogen-bond acceptors (Lipinski definition) is 4. The number of nitrogens with zero attached hydrogens (tertiary/aromatic N) is 1. The van der Waals surface area contributed by atoms with Gasteiger partial charge in [-0.25, -0.2) is 8.42 Å². The van der Waals surface area contributed by atoms with E-state index in [9.17, 15) is 8.42 Å². The van der Waals surface area contributed by atoms with Crippen LogP contribution in [0.4, 0.5) is 0 Å². The summed E-state index contributed by atoms with van der Waals surface area (Å²) >= 11 is 0. The molecule has 4 nitrogen and oxygen atoms in total. The van der Waals surface area contributed by atoms with E-state index in [-0.39, 0.29) is 17.9 Å². The van der Waals surface area contributed by atoms with Gasteiger partial charge in [0, 0.05) is 19.1 Å². The first kappa shape index (κ1) is 8.47. The van der Waals surface area contributed by atoms with Crippen molar-refractivity contribution in [2.24, 2.45) is 0 Å². The van der Waals surface area contributed by atoms with Crippen LogP contribution in [0.1, 0.15) is 6.42 Å². The van der Waals surface area contributed by atoms with Crippen molar-refractivity contribution in [3.63, 3.8) is 0 Å². The van der Waals surface area contributed by atoms with Crippen molar-refractivity contribution in [1.29, 1.82) is 0 Å². The fourth-order valence-electron chi connectivity index (χ4n) is 2.18. The van der Waals surface area contributed by atoms with Crippen molar-refractivity contribution in [3.05, 3.63) is 0 Å². The van der Waals surface area contributed by atoms with Crippen LogP contribution in [0.15, 0.2) is 0 Å². The number of fused-ring (bicyclic) bond motifs is 2. The van der Waals surface area contributed by atoms with E-state index in [2.05, 4.69) is 4.90 Å². The van der Waals surface area contributed by atoms with Crippen LogP contribution in [0.25, 0.3) is 0 Å². The topological polar surface area (TPSA) is 57.6 Å². The van der Waals surface area contributed by atoms with Crippen molar-refractivity contribution in [1.82, 2.24) is 4.90 Å². The molecule has 0 spiro atoms. The van der Waals surface area contributed by atoms with Gasteiger partial charge in [-0.15, -0.1) is 0 Å². The first-order valence-corrected chi connectivity index (χ1v) is 5.91. The molecule has 70 valence electrons. The quantitative estimate of drug-likeness (QED) is 0.599. The predicted molar refractivity (Wildman–Crippen MR) is 44.6 cm³/mol. The fraction of sp³-hybridized carbons (Fsp3) is 1.00. The molecule has 2 aliphatic rings. The van der Waals surface area contributed by atoms with E-state index < -0.39 is 9.84 Å². The molecule has 0 aromatic heterocycles. The molecule has 0 aromatic carbocycles. The molecule has 2 atom stereocenters. The zero-order valence-electron chi connectivity index (χ0n) is 6.81. The third-order valence-corrected chi connectivity index (χ3v) is 5.02. The van der Waals surface area contributed by atoms with Crippen molar-refractivity contribution in [2.75, 3.05) is 25.4 Å². The summed E-state index contributed by atoms with van der Waals surface area (Å²) in [6, 6.07) is 0.187. The Bertz CT molecular complexity index is 274. The Hall–Kier alpha value is -0.130. The Morgan fingerprint density at radius 2 is 2.25 bits per heavy atom. The number of likely N-dealkylation sites (tertiary alicyclic amines) is 1. The highest BCUT2D eigenvalue weighted by atomic mass is 32.2. The maximum absolute atomic E-state index is 11.3. The van der Waals surface area contributed by atoms with Gasteiger partial charge < -0.3 is 5.11 Å². The lowest BCUT2D eigenvalue weighted by Gasteiger charge is -2.25. The highest BCUT2D eigenvalue weighted by molar-refractivity contribution is 7.92. The van der Waals surface area contributed by atoms with E-state index in [1.165, 1.54) is 0 Å². The normalized spacial score (nSPS) is 39.1. The summed E-state index contributed by atoms with van der Waals surface area (Å²) in [4.78, 5) is 2.08. The second-order valence-electron chi connectivity index (χ2n) is 3.56. The molecule has 5 heteroatoms. The summed E-state index contributed by atoms with van der Waals surface area (Å²) in [5.74, 6) is 0.303. The van der Waals surface area contributed by atoms with Gasteiger partial charge in [-0.05, 0) is 6.42 Å². The molecule has 0 saturated carbocycles. The van der Waals surface area contributed by atoms with Crippen molar-refractivity contribution in [3.8, 4) is 0 Å². The first-order chi connectivity index (χ1) is 5.63. The number of aliphatic hydroxyl groups excluding tert-OH is 1.